The van der Waals surface area contributed by atoms with Crippen LogP contribution in [0.15, 0.2) is 48.5 Å². The number of hydrogen-bond acceptors (Lipinski definition) is 4. The summed E-state index contributed by atoms with van der Waals surface area (Å²) >= 11 is 0. The van der Waals surface area contributed by atoms with E-state index in [-0.39, 0.29) is 5.91 Å². The average Bonchev–Trinajstić information content (AvgIpc) is 3.08. The van der Waals surface area contributed by atoms with Gasteiger partial charge in [0, 0.05) is 23.6 Å². The molecule has 0 atom stereocenters. The second-order valence-electron chi connectivity index (χ2n) is 7.00. The summed E-state index contributed by atoms with van der Waals surface area (Å²) in [6.07, 6.45) is 0.875. The molecule has 136 valence electrons. The van der Waals surface area contributed by atoms with Crippen molar-refractivity contribution in [2.75, 3.05) is 16.8 Å². The van der Waals surface area contributed by atoms with Gasteiger partial charge in [0.15, 0.2) is 0 Å². The fourth-order valence-corrected chi connectivity index (χ4v) is 3.41. The van der Waals surface area contributed by atoms with Gasteiger partial charge in [-0.15, -0.1) is 0 Å². The van der Waals surface area contributed by atoms with Crippen LogP contribution in [0.25, 0.3) is 0 Å². The summed E-state index contributed by atoms with van der Waals surface area (Å²) in [6.45, 7) is 6.64. The lowest BCUT2D eigenvalue weighted by molar-refractivity contribution is 0.0984. The summed E-state index contributed by atoms with van der Waals surface area (Å²) in [4.78, 5) is 23.9. The molecule has 0 radical (unpaired) electrons. The normalized spacial score (nSPS) is 12.8. The molecule has 1 aliphatic rings. The third kappa shape index (κ3) is 3.40. The highest BCUT2D eigenvalue weighted by Gasteiger charge is 2.26. The van der Waals surface area contributed by atoms with E-state index in [4.69, 9.17) is 0 Å². The monoisotopic (exact) mass is 358 g/mol. The number of para-hydroxylation sites is 1. The molecule has 1 N–H and O–H groups in total. The van der Waals surface area contributed by atoms with Crippen molar-refractivity contribution in [1.29, 1.82) is 0 Å². The van der Waals surface area contributed by atoms with Crippen molar-refractivity contribution in [3.8, 4) is 0 Å². The molecule has 0 bridgehead atoms. The lowest BCUT2D eigenvalue weighted by atomic mass is 10.1. The SMILES string of the molecule is Cc1ccc(C)c(Nc2nc(C)cc(C(=O)N3CCc4ccccc43)n2)c1. The molecule has 1 aromatic heterocycles. The van der Waals surface area contributed by atoms with Crippen LogP contribution in [0.4, 0.5) is 17.3 Å². The van der Waals surface area contributed by atoms with Gasteiger partial charge in [0.25, 0.3) is 5.91 Å². The van der Waals surface area contributed by atoms with E-state index in [0.29, 0.717) is 18.2 Å². The predicted molar refractivity (Wildman–Crippen MR) is 108 cm³/mol. The zero-order valence-corrected chi connectivity index (χ0v) is 15.8. The maximum atomic E-state index is 13.1. The van der Waals surface area contributed by atoms with Crippen LogP contribution in [0.2, 0.25) is 0 Å². The van der Waals surface area contributed by atoms with Crippen molar-refractivity contribution < 1.29 is 4.79 Å². The van der Waals surface area contributed by atoms with E-state index in [1.807, 2.05) is 39.0 Å². The minimum absolute atomic E-state index is 0.0885. The topological polar surface area (TPSA) is 58.1 Å². The number of hydrogen-bond donors (Lipinski definition) is 1. The van der Waals surface area contributed by atoms with Gasteiger partial charge in [0.05, 0.1) is 0 Å². The van der Waals surface area contributed by atoms with Crippen LogP contribution in [0.3, 0.4) is 0 Å². The molecule has 0 saturated carbocycles. The van der Waals surface area contributed by atoms with Crippen molar-refractivity contribution in [2.45, 2.75) is 27.2 Å². The Bertz CT molecular complexity index is 1030. The molecule has 0 fully saturated rings. The summed E-state index contributed by atoms with van der Waals surface area (Å²) in [5.74, 6) is 0.356. The lowest BCUT2D eigenvalue weighted by Crippen LogP contribution is -2.30. The van der Waals surface area contributed by atoms with Gasteiger partial charge < -0.3 is 10.2 Å². The number of anilines is 3. The minimum atomic E-state index is -0.0885. The fraction of sp³-hybridized carbons (Fsp3) is 0.227. The first-order valence-electron chi connectivity index (χ1n) is 9.11. The number of fused-ring (bicyclic) bond motifs is 1. The summed E-state index contributed by atoms with van der Waals surface area (Å²) in [5.41, 5.74) is 6.55. The Labute approximate surface area is 159 Å². The largest absolute Gasteiger partial charge is 0.324 e. The van der Waals surface area contributed by atoms with E-state index < -0.39 is 0 Å². The van der Waals surface area contributed by atoms with Crippen LogP contribution in [0, 0.1) is 20.8 Å². The summed E-state index contributed by atoms with van der Waals surface area (Å²) in [7, 11) is 0. The Morgan fingerprint density at radius 2 is 1.85 bits per heavy atom. The number of aromatic nitrogens is 2. The van der Waals surface area contributed by atoms with Crippen LogP contribution in [-0.4, -0.2) is 22.4 Å². The van der Waals surface area contributed by atoms with Gasteiger partial charge in [0.1, 0.15) is 5.69 Å². The van der Waals surface area contributed by atoms with Crippen molar-refractivity contribution in [3.05, 3.63) is 76.6 Å². The number of rotatable bonds is 3. The molecule has 2 aromatic carbocycles. The number of carbonyl (C=O) groups excluding carboxylic acids is 1. The third-order valence-corrected chi connectivity index (χ3v) is 4.85. The highest BCUT2D eigenvalue weighted by atomic mass is 16.2. The van der Waals surface area contributed by atoms with Crippen LogP contribution in [-0.2, 0) is 6.42 Å². The molecule has 0 saturated heterocycles. The van der Waals surface area contributed by atoms with E-state index >= 15 is 0 Å². The van der Waals surface area contributed by atoms with E-state index in [9.17, 15) is 4.79 Å². The Hall–Kier alpha value is -3.21. The van der Waals surface area contributed by atoms with Crippen LogP contribution in [0.1, 0.15) is 32.9 Å². The Morgan fingerprint density at radius 3 is 2.70 bits per heavy atom. The molecule has 0 spiro atoms. The fourth-order valence-electron chi connectivity index (χ4n) is 3.41. The van der Waals surface area contributed by atoms with Gasteiger partial charge in [-0.2, -0.15) is 0 Å². The van der Waals surface area contributed by atoms with Gasteiger partial charge in [0.2, 0.25) is 5.95 Å². The van der Waals surface area contributed by atoms with Crippen LogP contribution >= 0.6 is 0 Å². The zero-order valence-electron chi connectivity index (χ0n) is 15.8. The molecule has 1 aliphatic heterocycles. The first kappa shape index (κ1) is 17.2. The first-order chi connectivity index (χ1) is 13.0. The second-order valence-corrected chi connectivity index (χ2v) is 7.00. The number of aryl methyl sites for hydroxylation is 3. The molecule has 2 heterocycles. The smallest absolute Gasteiger partial charge is 0.277 e. The van der Waals surface area contributed by atoms with Crippen molar-refractivity contribution in [2.24, 2.45) is 0 Å². The van der Waals surface area contributed by atoms with Gasteiger partial charge in [-0.1, -0.05) is 30.3 Å². The number of nitrogens with zero attached hydrogens (tertiary/aromatic N) is 3. The summed E-state index contributed by atoms with van der Waals surface area (Å²) in [5, 5.41) is 3.27. The average molecular weight is 358 g/mol. The molecule has 27 heavy (non-hydrogen) atoms. The maximum Gasteiger partial charge on any atom is 0.277 e. The van der Waals surface area contributed by atoms with Gasteiger partial charge in [-0.3, -0.25) is 4.79 Å². The van der Waals surface area contributed by atoms with E-state index in [1.165, 1.54) is 5.56 Å². The molecular weight excluding hydrogens is 336 g/mol. The number of carbonyl (C=O) groups is 1. The first-order valence-corrected chi connectivity index (χ1v) is 9.11. The second kappa shape index (κ2) is 6.83. The molecular formula is C22H22N4O. The van der Waals surface area contributed by atoms with E-state index in [0.717, 1.165) is 34.6 Å². The third-order valence-electron chi connectivity index (χ3n) is 4.85. The Balaban J connectivity index is 1.65. The van der Waals surface area contributed by atoms with Crippen molar-refractivity contribution >= 4 is 23.2 Å². The lowest BCUT2D eigenvalue weighted by Gasteiger charge is -2.17. The number of nitrogens with one attached hydrogen (secondary N) is 1. The summed E-state index contributed by atoms with van der Waals surface area (Å²) < 4.78 is 0. The highest BCUT2D eigenvalue weighted by Crippen LogP contribution is 2.29. The van der Waals surface area contributed by atoms with Gasteiger partial charge in [-0.25, -0.2) is 9.97 Å². The Kier molecular flexibility index (Phi) is 4.36. The Morgan fingerprint density at radius 1 is 1.04 bits per heavy atom. The van der Waals surface area contributed by atoms with Crippen molar-refractivity contribution in [1.82, 2.24) is 9.97 Å². The highest BCUT2D eigenvalue weighted by molar-refractivity contribution is 6.06. The molecule has 4 rings (SSSR count). The number of amides is 1. The maximum absolute atomic E-state index is 13.1. The van der Waals surface area contributed by atoms with Gasteiger partial charge in [-0.05, 0) is 62.1 Å². The summed E-state index contributed by atoms with van der Waals surface area (Å²) in [6, 6.07) is 16.0. The van der Waals surface area contributed by atoms with Crippen molar-refractivity contribution in [3.63, 3.8) is 0 Å². The molecule has 0 aliphatic carbocycles. The van der Waals surface area contributed by atoms with Crippen LogP contribution in [0.5, 0.6) is 0 Å². The predicted octanol–water partition coefficient (Wildman–Crippen LogP) is 4.35. The van der Waals surface area contributed by atoms with E-state index in [2.05, 4.69) is 39.6 Å². The number of benzene rings is 2. The minimum Gasteiger partial charge on any atom is -0.324 e. The van der Waals surface area contributed by atoms with E-state index in [1.54, 1.807) is 11.0 Å². The quantitative estimate of drug-likeness (QED) is 0.756. The molecule has 0 unspecified atom stereocenters. The zero-order chi connectivity index (χ0) is 19.0. The van der Waals surface area contributed by atoms with Crippen LogP contribution < -0.4 is 10.2 Å². The molecule has 5 heteroatoms. The van der Waals surface area contributed by atoms with Gasteiger partial charge >= 0.3 is 0 Å². The standard InChI is InChI=1S/C22H22N4O/c1-14-8-9-15(2)18(12-14)24-22-23-16(3)13-19(25-22)21(27)26-11-10-17-6-4-5-7-20(17)26/h4-9,12-13H,10-11H2,1-3H3,(H,23,24,25). The molecule has 5 nitrogen and oxygen atoms in total. The molecule has 3 aromatic rings. The molecule has 1 amide bonds.